The van der Waals surface area contributed by atoms with Crippen molar-refractivity contribution in [3.63, 3.8) is 0 Å². The molecule has 1 radical (unpaired) electrons. The maximum atomic E-state index is 11.8. The number of nitrogens with one attached hydrogen (secondary N) is 1. The average molecular weight is 255 g/mol. The van der Waals surface area contributed by atoms with Gasteiger partial charge in [0.1, 0.15) is 5.60 Å². The minimum Gasteiger partial charge on any atom is -0.444 e. The number of carbonyl (C=O) groups is 2. The summed E-state index contributed by atoms with van der Waals surface area (Å²) in [4.78, 5) is 25.0. The van der Waals surface area contributed by atoms with E-state index >= 15 is 0 Å². The largest absolute Gasteiger partial charge is 0.444 e. The molecule has 1 N–H and O–H groups in total. The zero-order valence-electron chi connectivity index (χ0n) is 11.5. The maximum absolute atomic E-state index is 11.8. The van der Waals surface area contributed by atoms with Gasteiger partial charge < -0.3 is 15.0 Å². The lowest BCUT2D eigenvalue weighted by Gasteiger charge is -2.26. The van der Waals surface area contributed by atoms with Crippen molar-refractivity contribution in [1.82, 2.24) is 10.2 Å². The van der Waals surface area contributed by atoms with Crippen molar-refractivity contribution in [2.75, 3.05) is 19.6 Å². The molecule has 18 heavy (non-hydrogen) atoms. The van der Waals surface area contributed by atoms with Gasteiger partial charge in [-0.1, -0.05) is 0 Å². The first kappa shape index (κ1) is 14.8. The number of carbonyl (C=O) groups excluding carboxylic acids is 2. The molecule has 1 aliphatic rings. The molecule has 0 bridgehead atoms. The van der Waals surface area contributed by atoms with Crippen LogP contribution in [0, 0.1) is 6.42 Å². The van der Waals surface area contributed by atoms with E-state index in [9.17, 15) is 9.59 Å². The fourth-order valence-corrected chi connectivity index (χ4v) is 1.74. The zero-order chi connectivity index (χ0) is 13.6. The molecule has 1 rings (SSSR count). The molecule has 103 valence electrons. The van der Waals surface area contributed by atoms with Gasteiger partial charge in [0.2, 0.25) is 5.91 Å². The Bertz CT molecular complexity index is 291. The van der Waals surface area contributed by atoms with E-state index < -0.39 is 11.7 Å². The van der Waals surface area contributed by atoms with Gasteiger partial charge in [-0.3, -0.25) is 4.79 Å². The van der Waals surface area contributed by atoms with Gasteiger partial charge in [0, 0.05) is 26.1 Å². The predicted octanol–water partition coefficient (Wildman–Crippen LogP) is 1.73. The molecule has 0 aliphatic carbocycles. The van der Waals surface area contributed by atoms with Crippen LogP contribution in [0.4, 0.5) is 4.79 Å². The van der Waals surface area contributed by atoms with E-state index in [1.807, 2.05) is 25.7 Å². The number of nitrogens with zero attached hydrogens (tertiary/aromatic N) is 1. The van der Waals surface area contributed by atoms with Crippen LogP contribution in [0.2, 0.25) is 0 Å². The van der Waals surface area contributed by atoms with Gasteiger partial charge in [-0.15, -0.1) is 0 Å². The molecule has 1 fully saturated rings. The minimum absolute atomic E-state index is 0.0964. The quantitative estimate of drug-likeness (QED) is 0.835. The predicted molar refractivity (Wildman–Crippen MR) is 69.0 cm³/mol. The summed E-state index contributed by atoms with van der Waals surface area (Å²) in [6, 6.07) is 0. The summed E-state index contributed by atoms with van der Waals surface area (Å²) >= 11 is 0. The highest BCUT2D eigenvalue weighted by atomic mass is 16.6. The normalized spacial score (nSPS) is 16.3. The van der Waals surface area contributed by atoms with E-state index in [4.69, 9.17) is 4.74 Å². The maximum Gasteiger partial charge on any atom is 0.407 e. The first-order valence-electron chi connectivity index (χ1n) is 6.45. The third kappa shape index (κ3) is 5.89. The lowest BCUT2D eigenvalue weighted by atomic mass is 10.1. The first-order chi connectivity index (χ1) is 8.38. The SMILES string of the molecule is CC(C)(C)OC(=O)NCCC(=O)N1CC[CH]CC1. The molecule has 0 aromatic rings. The molecule has 0 saturated carbocycles. The number of likely N-dealkylation sites (tertiary alicyclic amines) is 1. The third-order valence-electron chi connectivity index (χ3n) is 2.57. The molecule has 0 unspecified atom stereocenters. The number of rotatable bonds is 3. The van der Waals surface area contributed by atoms with Gasteiger partial charge in [-0.25, -0.2) is 4.79 Å². The molecule has 0 aromatic heterocycles. The summed E-state index contributed by atoms with van der Waals surface area (Å²) in [5, 5.41) is 2.59. The minimum atomic E-state index is -0.503. The summed E-state index contributed by atoms with van der Waals surface area (Å²) in [6.45, 7) is 7.34. The zero-order valence-corrected chi connectivity index (χ0v) is 11.5. The molecular weight excluding hydrogens is 232 g/mol. The molecular formula is C13H23N2O3. The fourth-order valence-electron chi connectivity index (χ4n) is 1.74. The molecule has 0 spiro atoms. The average Bonchev–Trinajstić information content (AvgIpc) is 2.27. The van der Waals surface area contributed by atoms with Crippen molar-refractivity contribution >= 4 is 12.0 Å². The van der Waals surface area contributed by atoms with Crippen molar-refractivity contribution in [1.29, 1.82) is 0 Å². The van der Waals surface area contributed by atoms with Crippen LogP contribution in [0.5, 0.6) is 0 Å². The van der Waals surface area contributed by atoms with Crippen LogP contribution in [0.25, 0.3) is 0 Å². The monoisotopic (exact) mass is 255 g/mol. The van der Waals surface area contributed by atoms with Gasteiger partial charge in [-0.2, -0.15) is 0 Å². The number of amides is 2. The highest BCUT2D eigenvalue weighted by molar-refractivity contribution is 5.77. The fraction of sp³-hybridized carbons (Fsp3) is 0.769. The summed E-state index contributed by atoms with van der Waals surface area (Å²) in [5.74, 6) is 0.0964. The molecule has 5 nitrogen and oxygen atoms in total. The van der Waals surface area contributed by atoms with Crippen LogP contribution in [-0.2, 0) is 9.53 Å². The Hall–Kier alpha value is -1.26. The Morgan fingerprint density at radius 1 is 1.28 bits per heavy atom. The smallest absolute Gasteiger partial charge is 0.407 e. The van der Waals surface area contributed by atoms with Crippen LogP contribution in [0.1, 0.15) is 40.0 Å². The molecule has 1 saturated heterocycles. The second kappa shape index (κ2) is 6.61. The number of alkyl carbamates (subject to hydrolysis) is 1. The third-order valence-corrected chi connectivity index (χ3v) is 2.57. The standard InChI is InChI=1S/C13H23N2O3/c1-13(2,3)18-12(17)14-8-7-11(16)15-9-5-4-6-10-15/h4H,5-10H2,1-3H3,(H,14,17). The highest BCUT2D eigenvalue weighted by Gasteiger charge is 2.18. The van der Waals surface area contributed by atoms with E-state index in [0.717, 1.165) is 25.9 Å². The summed E-state index contributed by atoms with van der Waals surface area (Å²) in [5.41, 5.74) is -0.503. The van der Waals surface area contributed by atoms with E-state index in [0.29, 0.717) is 13.0 Å². The van der Waals surface area contributed by atoms with Crippen LogP contribution in [0.15, 0.2) is 0 Å². The van der Waals surface area contributed by atoms with E-state index in [2.05, 4.69) is 11.7 Å². The van der Waals surface area contributed by atoms with Crippen LogP contribution in [-0.4, -0.2) is 42.1 Å². The van der Waals surface area contributed by atoms with Gasteiger partial charge >= 0.3 is 6.09 Å². The van der Waals surface area contributed by atoms with Crippen molar-refractivity contribution in [3.8, 4) is 0 Å². The van der Waals surface area contributed by atoms with Crippen LogP contribution < -0.4 is 5.32 Å². The van der Waals surface area contributed by atoms with Crippen LogP contribution in [0.3, 0.4) is 0 Å². The van der Waals surface area contributed by atoms with E-state index in [1.165, 1.54) is 0 Å². The second-order valence-corrected chi connectivity index (χ2v) is 5.43. The first-order valence-corrected chi connectivity index (χ1v) is 6.45. The van der Waals surface area contributed by atoms with Gasteiger partial charge in [0.15, 0.2) is 0 Å². The number of hydrogen-bond donors (Lipinski definition) is 1. The Labute approximate surface area is 109 Å². The molecule has 5 heteroatoms. The lowest BCUT2D eigenvalue weighted by Crippen LogP contribution is -2.39. The summed E-state index contributed by atoms with van der Waals surface area (Å²) < 4.78 is 5.09. The van der Waals surface area contributed by atoms with Crippen LogP contribution >= 0.6 is 0 Å². The molecule has 0 aromatic carbocycles. The number of piperidine rings is 1. The van der Waals surface area contributed by atoms with Crippen molar-refractivity contribution in [2.45, 2.75) is 45.6 Å². The molecule has 0 atom stereocenters. The Kier molecular flexibility index (Phi) is 5.44. The molecule has 2 amide bonds. The summed E-state index contributed by atoms with van der Waals surface area (Å²) in [7, 11) is 0. The second-order valence-electron chi connectivity index (χ2n) is 5.43. The van der Waals surface area contributed by atoms with Crippen molar-refractivity contribution in [3.05, 3.63) is 6.42 Å². The summed E-state index contributed by atoms with van der Waals surface area (Å²) in [6.07, 6.45) is 3.99. The van der Waals surface area contributed by atoms with Crippen molar-refractivity contribution < 1.29 is 14.3 Å². The van der Waals surface area contributed by atoms with E-state index in [-0.39, 0.29) is 5.91 Å². The number of hydrogen-bond acceptors (Lipinski definition) is 3. The Morgan fingerprint density at radius 3 is 2.44 bits per heavy atom. The van der Waals surface area contributed by atoms with Gasteiger partial charge in [-0.05, 0) is 40.0 Å². The van der Waals surface area contributed by atoms with Gasteiger partial charge in [0.25, 0.3) is 0 Å². The van der Waals surface area contributed by atoms with E-state index in [1.54, 1.807) is 0 Å². The number of ether oxygens (including phenoxy) is 1. The topological polar surface area (TPSA) is 58.6 Å². The van der Waals surface area contributed by atoms with Gasteiger partial charge in [0.05, 0.1) is 0 Å². The lowest BCUT2D eigenvalue weighted by molar-refractivity contribution is -0.131. The van der Waals surface area contributed by atoms with Crippen molar-refractivity contribution in [2.24, 2.45) is 0 Å². The molecule has 1 heterocycles. The molecule has 1 aliphatic heterocycles. The highest BCUT2D eigenvalue weighted by Crippen LogP contribution is 2.09. The Balaban J connectivity index is 2.17. The Morgan fingerprint density at radius 2 is 1.89 bits per heavy atom.